The molecule has 0 amide bonds. The van der Waals surface area contributed by atoms with Crippen molar-refractivity contribution in [3.05, 3.63) is 71.9 Å². The van der Waals surface area contributed by atoms with Gasteiger partial charge in [-0.15, -0.1) is 0 Å². The van der Waals surface area contributed by atoms with Crippen molar-refractivity contribution in [1.29, 1.82) is 0 Å². The molecule has 2 aromatic rings. The number of carbonyl (C=O) groups is 1. The number of phenols is 1. The third kappa shape index (κ3) is 3.31. The van der Waals surface area contributed by atoms with E-state index >= 15 is 0 Å². The van der Waals surface area contributed by atoms with Crippen molar-refractivity contribution in [2.75, 3.05) is 5.32 Å². The van der Waals surface area contributed by atoms with Crippen molar-refractivity contribution >= 4 is 11.5 Å². The quantitative estimate of drug-likeness (QED) is 0.897. The number of anilines is 1. The zero-order valence-electron chi connectivity index (χ0n) is 11.6. The summed E-state index contributed by atoms with van der Waals surface area (Å²) in [5, 5.41) is 12.7. The molecule has 0 radical (unpaired) electrons. The first-order valence-electron chi connectivity index (χ1n) is 7.05. The molecule has 3 nitrogen and oxygen atoms in total. The van der Waals surface area contributed by atoms with Crippen LogP contribution < -0.4 is 5.32 Å². The molecule has 0 heterocycles. The maximum Gasteiger partial charge on any atom is 0.158 e. The molecule has 0 fully saturated rings. The van der Waals surface area contributed by atoms with Crippen LogP contribution in [0.1, 0.15) is 24.3 Å². The molecule has 106 valence electrons. The van der Waals surface area contributed by atoms with Crippen LogP contribution in [0.2, 0.25) is 0 Å². The Labute approximate surface area is 123 Å². The predicted molar refractivity (Wildman–Crippen MR) is 83.2 cm³/mol. The zero-order valence-corrected chi connectivity index (χ0v) is 11.6. The molecule has 1 atom stereocenters. The van der Waals surface area contributed by atoms with Gasteiger partial charge in [-0.25, -0.2) is 0 Å². The molecule has 0 saturated carbocycles. The van der Waals surface area contributed by atoms with E-state index in [-0.39, 0.29) is 17.5 Å². The molecule has 1 aliphatic carbocycles. The van der Waals surface area contributed by atoms with Crippen molar-refractivity contribution in [2.45, 2.75) is 18.8 Å². The fourth-order valence-electron chi connectivity index (χ4n) is 2.71. The molecule has 0 spiro atoms. The molecule has 2 aromatic carbocycles. The first-order valence-corrected chi connectivity index (χ1v) is 7.05. The SMILES string of the molecule is O=C1C=C(Nc2cccc(O)c2)C[C@@H](c2ccccc2)C1. The van der Waals surface area contributed by atoms with E-state index in [0.29, 0.717) is 6.42 Å². The van der Waals surface area contributed by atoms with E-state index in [1.807, 2.05) is 24.3 Å². The Morgan fingerprint density at radius 1 is 1.00 bits per heavy atom. The summed E-state index contributed by atoms with van der Waals surface area (Å²) in [6, 6.07) is 17.0. The van der Waals surface area contributed by atoms with Crippen molar-refractivity contribution in [2.24, 2.45) is 0 Å². The van der Waals surface area contributed by atoms with Crippen LogP contribution in [0.25, 0.3) is 0 Å². The van der Waals surface area contributed by atoms with Gasteiger partial charge in [0.15, 0.2) is 5.78 Å². The van der Waals surface area contributed by atoms with E-state index in [0.717, 1.165) is 17.8 Å². The molecule has 3 heteroatoms. The number of phenolic OH excluding ortho intramolecular Hbond substituents is 1. The van der Waals surface area contributed by atoms with Crippen molar-refractivity contribution in [3.63, 3.8) is 0 Å². The zero-order chi connectivity index (χ0) is 14.7. The summed E-state index contributed by atoms with van der Waals surface area (Å²) in [5.74, 6) is 0.559. The molecule has 1 aliphatic rings. The number of carbonyl (C=O) groups excluding carboxylic acids is 1. The number of allylic oxidation sites excluding steroid dienone is 2. The molecular formula is C18H17NO2. The summed E-state index contributed by atoms with van der Waals surface area (Å²) >= 11 is 0. The maximum atomic E-state index is 11.9. The van der Waals surface area contributed by atoms with Crippen LogP contribution in [0.4, 0.5) is 5.69 Å². The Balaban J connectivity index is 1.78. The normalized spacial score (nSPS) is 18.2. The van der Waals surface area contributed by atoms with Gasteiger partial charge in [0.25, 0.3) is 0 Å². The van der Waals surface area contributed by atoms with Crippen LogP contribution in [0, 0.1) is 0 Å². The molecule has 0 unspecified atom stereocenters. The van der Waals surface area contributed by atoms with Crippen molar-refractivity contribution in [1.82, 2.24) is 0 Å². The minimum absolute atomic E-state index is 0.137. The number of hydrogen-bond acceptors (Lipinski definition) is 3. The average molecular weight is 279 g/mol. The fourth-order valence-corrected chi connectivity index (χ4v) is 2.71. The standard InChI is InChI=1S/C18H17NO2/c20-17-8-4-7-15(11-17)19-16-9-14(10-18(21)12-16)13-5-2-1-3-6-13/h1-8,11-12,14,19-20H,9-10H2/t14-/m1/s1. The second-order valence-electron chi connectivity index (χ2n) is 5.33. The number of ketones is 1. The lowest BCUT2D eigenvalue weighted by molar-refractivity contribution is -0.115. The molecule has 0 saturated heterocycles. The van der Waals surface area contributed by atoms with Crippen LogP contribution >= 0.6 is 0 Å². The summed E-state index contributed by atoms with van der Waals surface area (Å²) in [6.45, 7) is 0. The van der Waals surface area contributed by atoms with Gasteiger partial charge in [0, 0.05) is 29.9 Å². The van der Waals surface area contributed by atoms with Crippen LogP contribution in [0.15, 0.2) is 66.4 Å². The summed E-state index contributed by atoms with van der Waals surface area (Å²) in [4.78, 5) is 11.9. The molecule has 0 bridgehead atoms. The first kappa shape index (κ1) is 13.4. The van der Waals surface area contributed by atoms with Gasteiger partial charge in [-0.2, -0.15) is 0 Å². The Morgan fingerprint density at radius 3 is 2.57 bits per heavy atom. The van der Waals surface area contributed by atoms with Crippen LogP contribution in [0.5, 0.6) is 5.75 Å². The number of nitrogens with one attached hydrogen (secondary N) is 1. The molecular weight excluding hydrogens is 262 g/mol. The average Bonchev–Trinajstić information content (AvgIpc) is 2.47. The highest BCUT2D eigenvalue weighted by Crippen LogP contribution is 2.32. The summed E-state index contributed by atoms with van der Waals surface area (Å²) in [7, 11) is 0. The van der Waals surface area contributed by atoms with E-state index < -0.39 is 0 Å². The lowest BCUT2D eigenvalue weighted by atomic mass is 9.85. The number of hydrogen-bond donors (Lipinski definition) is 2. The Morgan fingerprint density at radius 2 is 1.81 bits per heavy atom. The monoisotopic (exact) mass is 279 g/mol. The Kier molecular flexibility index (Phi) is 3.73. The molecule has 2 N–H and O–H groups in total. The van der Waals surface area contributed by atoms with Gasteiger partial charge >= 0.3 is 0 Å². The number of benzene rings is 2. The van der Waals surface area contributed by atoms with Gasteiger partial charge in [-0.1, -0.05) is 36.4 Å². The van der Waals surface area contributed by atoms with Gasteiger partial charge in [0.1, 0.15) is 5.75 Å². The van der Waals surface area contributed by atoms with Gasteiger partial charge < -0.3 is 10.4 Å². The van der Waals surface area contributed by atoms with Crippen LogP contribution in [-0.2, 0) is 4.79 Å². The number of aromatic hydroxyl groups is 1. The Hall–Kier alpha value is -2.55. The summed E-state index contributed by atoms with van der Waals surface area (Å²) in [5.41, 5.74) is 2.88. The smallest absolute Gasteiger partial charge is 0.158 e. The second kappa shape index (κ2) is 5.83. The minimum Gasteiger partial charge on any atom is -0.508 e. The lowest BCUT2D eigenvalue weighted by Gasteiger charge is -2.23. The number of rotatable bonds is 3. The van der Waals surface area contributed by atoms with E-state index in [1.165, 1.54) is 5.56 Å². The van der Waals surface area contributed by atoms with E-state index in [4.69, 9.17) is 0 Å². The van der Waals surface area contributed by atoms with Crippen molar-refractivity contribution in [3.8, 4) is 5.75 Å². The van der Waals surface area contributed by atoms with Gasteiger partial charge in [0.05, 0.1) is 0 Å². The second-order valence-corrected chi connectivity index (χ2v) is 5.33. The lowest BCUT2D eigenvalue weighted by Crippen LogP contribution is -2.16. The van der Waals surface area contributed by atoms with Crippen LogP contribution in [0.3, 0.4) is 0 Å². The van der Waals surface area contributed by atoms with Crippen molar-refractivity contribution < 1.29 is 9.90 Å². The summed E-state index contributed by atoms with van der Waals surface area (Å²) < 4.78 is 0. The molecule has 21 heavy (non-hydrogen) atoms. The topological polar surface area (TPSA) is 49.3 Å². The van der Waals surface area contributed by atoms with Crippen LogP contribution in [-0.4, -0.2) is 10.9 Å². The third-order valence-corrected chi connectivity index (χ3v) is 3.67. The van der Waals surface area contributed by atoms with E-state index in [2.05, 4.69) is 17.4 Å². The summed E-state index contributed by atoms with van der Waals surface area (Å²) in [6.07, 6.45) is 3.02. The Bertz CT molecular complexity index is 677. The highest BCUT2D eigenvalue weighted by atomic mass is 16.3. The van der Waals surface area contributed by atoms with Gasteiger partial charge in [-0.3, -0.25) is 4.79 Å². The highest BCUT2D eigenvalue weighted by Gasteiger charge is 2.22. The maximum absolute atomic E-state index is 11.9. The first-order chi connectivity index (χ1) is 10.2. The largest absolute Gasteiger partial charge is 0.508 e. The van der Waals surface area contributed by atoms with E-state index in [1.54, 1.807) is 24.3 Å². The highest BCUT2D eigenvalue weighted by molar-refractivity contribution is 5.92. The molecule has 0 aromatic heterocycles. The van der Waals surface area contributed by atoms with Gasteiger partial charge in [0.2, 0.25) is 0 Å². The third-order valence-electron chi connectivity index (χ3n) is 3.67. The predicted octanol–water partition coefficient (Wildman–Crippen LogP) is 3.83. The molecule has 3 rings (SSSR count). The van der Waals surface area contributed by atoms with Gasteiger partial charge in [-0.05, 0) is 30.0 Å². The minimum atomic E-state index is 0.137. The molecule has 0 aliphatic heterocycles. The fraction of sp³-hybridized carbons (Fsp3) is 0.167. The van der Waals surface area contributed by atoms with E-state index in [9.17, 15) is 9.90 Å².